The van der Waals surface area contributed by atoms with Crippen LogP contribution in [-0.4, -0.2) is 0 Å². The molecule has 2 fully saturated rings. The smallest absolute Gasteiger partial charge is 0.0240 e. The summed E-state index contributed by atoms with van der Waals surface area (Å²) in [6, 6.07) is 6.75. The van der Waals surface area contributed by atoms with E-state index in [0.29, 0.717) is 11.3 Å². The molecular formula is C32H36. The monoisotopic (exact) mass is 420 g/mol. The Hall–Kier alpha value is -2.34. The molecule has 0 saturated heterocycles. The van der Waals surface area contributed by atoms with Gasteiger partial charge in [0, 0.05) is 5.92 Å². The summed E-state index contributed by atoms with van der Waals surface area (Å²) in [7, 11) is 0. The highest BCUT2D eigenvalue weighted by atomic mass is 14.5. The van der Waals surface area contributed by atoms with Gasteiger partial charge in [0.25, 0.3) is 0 Å². The van der Waals surface area contributed by atoms with E-state index in [1.165, 1.54) is 54.4 Å². The van der Waals surface area contributed by atoms with E-state index in [2.05, 4.69) is 87.6 Å². The Morgan fingerprint density at radius 1 is 0.906 bits per heavy atom. The number of allylic oxidation sites excluding steroid dienone is 12. The minimum absolute atomic E-state index is 0.519. The van der Waals surface area contributed by atoms with Crippen LogP contribution in [-0.2, 0) is 6.42 Å². The van der Waals surface area contributed by atoms with E-state index in [-0.39, 0.29) is 0 Å². The Morgan fingerprint density at radius 2 is 1.72 bits per heavy atom. The second kappa shape index (κ2) is 7.62. The van der Waals surface area contributed by atoms with Gasteiger partial charge in [-0.15, -0.1) is 0 Å². The first-order chi connectivity index (χ1) is 15.6. The van der Waals surface area contributed by atoms with Gasteiger partial charge in [-0.25, -0.2) is 0 Å². The summed E-state index contributed by atoms with van der Waals surface area (Å²) in [4.78, 5) is 0. The average Bonchev–Trinajstić information content (AvgIpc) is 3.51. The molecule has 0 amide bonds. The fourth-order valence-electron chi connectivity index (χ4n) is 7.55. The lowest BCUT2D eigenvalue weighted by atomic mass is 9.62. The molecule has 5 aliphatic carbocycles. The van der Waals surface area contributed by atoms with Crippen LogP contribution >= 0.6 is 0 Å². The van der Waals surface area contributed by atoms with E-state index in [4.69, 9.17) is 0 Å². The van der Waals surface area contributed by atoms with Crippen molar-refractivity contribution >= 4 is 0 Å². The Morgan fingerprint density at radius 3 is 2.53 bits per heavy atom. The summed E-state index contributed by atoms with van der Waals surface area (Å²) < 4.78 is 0. The first-order valence-electron chi connectivity index (χ1n) is 12.8. The third-order valence-corrected chi connectivity index (χ3v) is 9.78. The number of rotatable bonds is 3. The van der Waals surface area contributed by atoms with Gasteiger partial charge in [0.05, 0.1) is 0 Å². The van der Waals surface area contributed by atoms with E-state index < -0.39 is 0 Å². The van der Waals surface area contributed by atoms with Gasteiger partial charge < -0.3 is 0 Å². The van der Waals surface area contributed by atoms with Crippen LogP contribution in [0.4, 0.5) is 0 Å². The summed E-state index contributed by atoms with van der Waals surface area (Å²) in [5.41, 5.74) is 11.4. The fraction of sp³-hybridized carbons (Fsp3) is 0.438. The lowest BCUT2D eigenvalue weighted by molar-refractivity contribution is 0.122. The van der Waals surface area contributed by atoms with E-state index >= 15 is 0 Å². The van der Waals surface area contributed by atoms with E-state index in [1.54, 1.807) is 16.7 Å². The van der Waals surface area contributed by atoms with Crippen molar-refractivity contribution in [2.45, 2.75) is 59.3 Å². The maximum absolute atomic E-state index is 2.52. The molecule has 0 nitrogen and oxygen atoms in total. The molecule has 0 aliphatic heterocycles. The van der Waals surface area contributed by atoms with Crippen molar-refractivity contribution in [3.8, 4) is 0 Å². The third-order valence-electron chi connectivity index (χ3n) is 9.78. The van der Waals surface area contributed by atoms with Crippen molar-refractivity contribution in [1.29, 1.82) is 0 Å². The third kappa shape index (κ3) is 3.10. The zero-order chi connectivity index (χ0) is 21.9. The second-order valence-electron chi connectivity index (χ2n) is 11.1. The van der Waals surface area contributed by atoms with Gasteiger partial charge >= 0.3 is 0 Å². The minimum Gasteiger partial charge on any atom is -0.0773 e. The van der Waals surface area contributed by atoms with Crippen LogP contribution in [0, 0.1) is 42.9 Å². The summed E-state index contributed by atoms with van der Waals surface area (Å²) in [5.74, 6) is 2.80. The van der Waals surface area contributed by atoms with Crippen molar-refractivity contribution in [1.82, 2.24) is 0 Å². The summed E-state index contributed by atoms with van der Waals surface area (Å²) in [5, 5.41) is 0. The molecule has 6 rings (SSSR count). The van der Waals surface area contributed by atoms with Crippen molar-refractivity contribution in [2.24, 2.45) is 29.1 Å². The highest BCUT2D eigenvalue weighted by Gasteiger charge is 2.49. The molecule has 0 radical (unpaired) electrons. The molecule has 2 saturated carbocycles. The van der Waals surface area contributed by atoms with Crippen LogP contribution in [0.3, 0.4) is 0 Å². The molecule has 2 unspecified atom stereocenters. The number of fused-ring (bicyclic) bond motifs is 2. The Labute approximate surface area is 194 Å². The average molecular weight is 421 g/mol. The molecule has 164 valence electrons. The normalized spacial score (nSPS) is 34.8. The van der Waals surface area contributed by atoms with Gasteiger partial charge in [-0.3, -0.25) is 0 Å². The Bertz CT molecular complexity index is 1120. The van der Waals surface area contributed by atoms with Crippen molar-refractivity contribution in [3.05, 3.63) is 106 Å². The second-order valence-corrected chi connectivity index (χ2v) is 11.1. The zero-order valence-corrected chi connectivity index (χ0v) is 19.9. The largest absolute Gasteiger partial charge is 0.0773 e. The molecule has 3 atom stereocenters. The van der Waals surface area contributed by atoms with Gasteiger partial charge in [0.1, 0.15) is 0 Å². The molecule has 1 aromatic carbocycles. The lowest BCUT2D eigenvalue weighted by Crippen LogP contribution is -2.32. The quantitative estimate of drug-likeness (QED) is 0.463. The molecule has 0 heteroatoms. The lowest BCUT2D eigenvalue weighted by Gasteiger charge is -2.43. The first-order valence-corrected chi connectivity index (χ1v) is 12.8. The predicted octanol–water partition coefficient (Wildman–Crippen LogP) is 8.15. The summed E-state index contributed by atoms with van der Waals surface area (Å²) in [6.07, 6.45) is 27.3. The predicted molar refractivity (Wildman–Crippen MR) is 135 cm³/mol. The molecular weight excluding hydrogens is 384 g/mol. The standard InChI is InChI=1S/C32H36/c1-21-7-4-8-25(22(21)2)19-26-13-14-30(31-12-6-11-29(26)31)24-15-17-32(18-16-24)20-27-9-5-10-28(27)23(32)3/h4-14,23-24,27,31H,15-20H2,1-3H3/t23-,24?,27?,31?,32?/m1/s1. The minimum atomic E-state index is 0.519. The molecule has 0 bridgehead atoms. The summed E-state index contributed by atoms with van der Waals surface area (Å²) in [6.45, 7) is 7.02. The van der Waals surface area contributed by atoms with Crippen LogP contribution in [0.1, 0.15) is 55.7 Å². The first kappa shape index (κ1) is 20.3. The van der Waals surface area contributed by atoms with Gasteiger partial charge in [-0.2, -0.15) is 0 Å². The summed E-state index contributed by atoms with van der Waals surface area (Å²) >= 11 is 0. The zero-order valence-electron chi connectivity index (χ0n) is 19.9. The van der Waals surface area contributed by atoms with Crippen molar-refractivity contribution in [2.75, 3.05) is 0 Å². The SMILES string of the molecule is Cc1cccc(CC2=CC=C(C3CCC4(CC3)CC3C=CC=C3[C@H]4C)C3C=CC=C23)c1C. The van der Waals surface area contributed by atoms with E-state index in [0.717, 1.165) is 24.2 Å². The fourth-order valence-corrected chi connectivity index (χ4v) is 7.55. The molecule has 0 aromatic heterocycles. The highest BCUT2D eigenvalue weighted by Crippen LogP contribution is 2.60. The van der Waals surface area contributed by atoms with Gasteiger partial charge in [0.15, 0.2) is 0 Å². The Balaban J connectivity index is 1.21. The molecule has 1 aromatic rings. The van der Waals surface area contributed by atoms with Crippen LogP contribution in [0.15, 0.2) is 89.1 Å². The number of hydrogen-bond donors (Lipinski definition) is 0. The highest BCUT2D eigenvalue weighted by molar-refractivity contribution is 5.55. The van der Waals surface area contributed by atoms with Crippen LogP contribution < -0.4 is 0 Å². The molecule has 0 N–H and O–H groups in total. The van der Waals surface area contributed by atoms with Crippen LogP contribution in [0.5, 0.6) is 0 Å². The molecule has 32 heavy (non-hydrogen) atoms. The number of hydrogen-bond acceptors (Lipinski definition) is 0. The Kier molecular flexibility index (Phi) is 4.83. The van der Waals surface area contributed by atoms with Gasteiger partial charge in [-0.05, 0) is 103 Å². The maximum atomic E-state index is 2.52. The molecule has 5 aliphatic rings. The maximum Gasteiger partial charge on any atom is 0.0240 e. The van der Waals surface area contributed by atoms with Gasteiger partial charge in [-0.1, -0.05) is 84.9 Å². The van der Waals surface area contributed by atoms with Crippen LogP contribution in [0.2, 0.25) is 0 Å². The van der Waals surface area contributed by atoms with E-state index in [1.807, 2.05) is 0 Å². The topological polar surface area (TPSA) is 0 Å². The van der Waals surface area contributed by atoms with Crippen molar-refractivity contribution < 1.29 is 0 Å². The van der Waals surface area contributed by atoms with Crippen molar-refractivity contribution in [3.63, 3.8) is 0 Å². The number of aryl methyl sites for hydroxylation is 1. The van der Waals surface area contributed by atoms with Gasteiger partial charge in [0.2, 0.25) is 0 Å². The molecule has 0 heterocycles. The molecule has 1 spiro atoms. The number of benzene rings is 1. The van der Waals surface area contributed by atoms with E-state index in [9.17, 15) is 0 Å². The van der Waals surface area contributed by atoms with Crippen LogP contribution in [0.25, 0.3) is 0 Å².